The van der Waals surface area contributed by atoms with Gasteiger partial charge in [-0.1, -0.05) is 32.9 Å². The van der Waals surface area contributed by atoms with Gasteiger partial charge in [0.05, 0.1) is 0 Å². The number of aryl methyl sites for hydroxylation is 1. The molecule has 6 heteroatoms. The lowest BCUT2D eigenvalue weighted by Crippen LogP contribution is -2.41. The maximum Gasteiger partial charge on any atom is 0.251 e. The molecule has 0 aliphatic rings. The first-order valence-corrected chi connectivity index (χ1v) is 8.63. The molecule has 2 amide bonds. The van der Waals surface area contributed by atoms with Gasteiger partial charge in [0, 0.05) is 16.6 Å². The number of nitrogens with zero attached hydrogens (tertiary/aromatic N) is 1. The fourth-order valence-corrected chi connectivity index (χ4v) is 2.76. The summed E-state index contributed by atoms with van der Waals surface area (Å²) >= 11 is 1.40. The normalized spacial score (nSPS) is 12.5. The van der Waals surface area contributed by atoms with Crippen molar-refractivity contribution in [3.05, 3.63) is 46.5 Å². The van der Waals surface area contributed by atoms with E-state index >= 15 is 0 Å². The summed E-state index contributed by atoms with van der Waals surface area (Å²) < 4.78 is 0. The summed E-state index contributed by atoms with van der Waals surface area (Å²) in [7, 11) is 0. The van der Waals surface area contributed by atoms with Crippen molar-refractivity contribution in [2.75, 3.05) is 5.32 Å². The van der Waals surface area contributed by atoms with Crippen molar-refractivity contribution >= 4 is 28.3 Å². The van der Waals surface area contributed by atoms with E-state index in [1.165, 1.54) is 11.3 Å². The first kappa shape index (κ1) is 18.1. The third-order valence-electron chi connectivity index (χ3n) is 3.61. The summed E-state index contributed by atoms with van der Waals surface area (Å²) in [5, 5.41) is 5.94. The predicted octanol–water partition coefficient (Wildman–Crippen LogP) is 3.51. The van der Waals surface area contributed by atoms with Crippen LogP contribution in [0.15, 0.2) is 30.5 Å². The van der Waals surface area contributed by atoms with Gasteiger partial charge in [0.1, 0.15) is 6.04 Å². The molecule has 2 rings (SSSR count). The summed E-state index contributed by atoms with van der Waals surface area (Å²) in [6, 6.07) is 6.80. The molecule has 0 radical (unpaired) electrons. The number of carbonyl (C=O) groups is 2. The second-order valence-electron chi connectivity index (χ2n) is 6.79. The number of benzene rings is 1. The molecule has 2 N–H and O–H groups in total. The molecule has 2 aromatic rings. The van der Waals surface area contributed by atoms with Crippen LogP contribution in [0.1, 0.15) is 48.5 Å². The molecule has 1 atom stereocenters. The molecule has 0 saturated carbocycles. The van der Waals surface area contributed by atoms with Crippen molar-refractivity contribution in [2.24, 2.45) is 0 Å². The minimum atomic E-state index is -0.649. The van der Waals surface area contributed by atoms with Crippen LogP contribution in [0.4, 0.5) is 5.13 Å². The summed E-state index contributed by atoms with van der Waals surface area (Å²) in [4.78, 5) is 29.5. The zero-order valence-corrected chi connectivity index (χ0v) is 15.5. The first-order chi connectivity index (χ1) is 11.2. The fourth-order valence-electron chi connectivity index (χ4n) is 2.09. The summed E-state index contributed by atoms with van der Waals surface area (Å²) in [5.74, 6) is -0.558. The van der Waals surface area contributed by atoms with E-state index in [-0.39, 0.29) is 17.2 Å². The van der Waals surface area contributed by atoms with Crippen LogP contribution in [0.5, 0.6) is 0 Å². The lowest BCUT2D eigenvalue weighted by atomic mass is 9.86. The Bertz CT molecular complexity index is 729. The van der Waals surface area contributed by atoms with Crippen LogP contribution in [0.2, 0.25) is 0 Å². The lowest BCUT2D eigenvalue weighted by molar-refractivity contribution is -0.117. The number of thiazole rings is 1. The van der Waals surface area contributed by atoms with E-state index in [0.717, 1.165) is 10.4 Å². The Hall–Kier alpha value is -2.21. The average Bonchev–Trinajstić information content (AvgIpc) is 2.91. The van der Waals surface area contributed by atoms with Crippen molar-refractivity contribution in [2.45, 2.75) is 46.1 Å². The monoisotopic (exact) mass is 345 g/mol. The van der Waals surface area contributed by atoms with Crippen LogP contribution < -0.4 is 10.6 Å². The van der Waals surface area contributed by atoms with Gasteiger partial charge < -0.3 is 10.6 Å². The minimum Gasteiger partial charge on any atom is -0.341 e. The number of rotatable bonds is 4. The topological polar surface area (TPSA) is 71.1 Å². The van der Waals surface area contributed by atoms with Crippen LogP contribution >= 0.6 is 11.3 Å². The number of carbonyl (C=O) groups excluding carboxylic acids is 2. The highest BCUT2D eigenvalue weighted by Crippen LogP contribution is 2.22. The third kappa shape index (κ3) is 4.64. The number of nitrogens with one attached hydrogen (secondary N) is 2. The molecule has 24 heavy (non-hydrogen) atoms. The van der Waals surface area contributed by atoms with Gasteiger partial charge in [-0.05, 0) is 37.0 Å². The van der Waals surface area contributed by atoms with Gasteiger partial charge in [0.25, 0.3) is 5.91 Å². The van der Waals surface area contributed by atoms with Crippen LogP contribution in [-0.2, 0) is 10.2 Å². The number of aromatic nitrogens is 1. The van der Waals surface area contributed by atoms with Gasteiger partial charge in [-0.15, -0.1) is 11.3 Å². The van der Waals surface area contributed by atoms with E-state index in [1.807, 2.05) is 19.1 Å². The van der Waals surface area contributed by atoms with E-state index in [2.05, 4.69) is 36.4 Å². The van der Waals surface area contributed by atoms with Crippen LogP contribution in [0.3, 0.4) is 0 Å². The SMILES string of the molecule is Cc1cnc(NC(=O)C(C)NC(=O)c2ccc(C(C)(C)C)cc2)s1. The Labute approximate surface area is 146 Å². The minimum absolute atomic E-state index is 0.0357. The molecule has 0 fully saturated rings. The first-order valence-electron chi connectivity index (χ1n) is 7.81. The molecule has 1 unspecified atom stereocenters. The Morgan fingerprint density at radius 3 is 2.29 bits per heavy atom. The van der Waals surface area contributed by atoms with Gasteiger partial charge in [-0.3, -0.25) is 9.59 Å². The number of anilines is 1. The van der Waals surface area contributed by atoms with Crippen molar-refractivity contribution in [1.82, 2.24) is 10.3 Å². The van der Waals surface area contributed by atoms with Crippen molar-refractivity contribution in [3.8, 4) is 0 Å². The zero-order chi connectivity index (χ0) is 17.9. The Balaban J connectivity index is 1.96. The van der Waals surface area contributed by atoms with Crippen LogP contribution in [0.25, 0.3) is 0 Å². The molecule has 0 spiro atoms. The largest absolute Gasteiger partial charge is 0.341 e. The maximum atomic E-state index is 12.3. The molecular formula is C18H23N3O2S. The maximum absolute atomic E-state index is 12.3. The third-order valence-corrected chi connectivity index (χ3v) is 4.43. The van der Waals surface area contributed by atoms with Crippen molar-refractivity contribution in [3.63, 3.8) is 0 Å². The molecule has 5 nitrogen and oxygen atoms in total. The van der Waals surface area contributed by atoms with Gasteiger partial charge in [-0.25, -0.2) is 4.98 Å². The molecule has 0 aliphatic carbocycles. The highest BCUT2D eigenvalue weighted by Gasteiger charge is 2.19. The zero-order valence-electron chi connectivity index (χ0n) is 14.6. The van der Waals surface area contributed by atoms with E-state index in [0.29, 0.717) is 10.7 Å². The molecule has 0 aliphatic heterocycles. The number of hydrogen-bond acceptors (Lipinski definition) is 4. The van der Waals surface area contributed by atoms with Crippen LogP contribution in [0, 0.1) is 6.92 Å². The molecule has 0 saturated heterocycles. The van der Waals surface area contributed by atoms with E-state index < -0.39 is 6.04 Å². The standard InChI is InChI=1S/C18H23N3O2S/c1-11-10-19-17(24-11)21-15(22)12(2)20-16(23)13-6-8-14(9-7-13)18(3,4)5/h6-10,12H,1-5H3,(H,20,23)(H,19,21,22). The van der Waals surface area contributed by atoms with Gasteiger partial charge in [0.2, 0.25) is 5.91 Å². The summed E-state index contributed by atoms with van der Waals surface area (Å²) in [6.07, 6.45) is 1.69. The average molecular weight is 345 g/mol. The van der Waals surface area contributed by atoms with Crippen molar-refractivity contribution < 1.29 is 9.59 Å². The molecule has 0 bridgehead atoms. The fraction of sp³-hybridized carbons (Fsp3) is 0.389. The van der Waals surface area contributed by atoms with Gasteiger partial charge >= 0.3 is 0 Å². The van der Waals surface area contributed by atoms with E-state index in [9.17, 15) is 9.59 Å². The molecule has 128 valence electrons. The van der Waals surface area contributed by atoms with Gasteiger partial charge in [0.15, 0.2) is 5.13 Å². The molecular weight excluding hydrogens is 322 g/mol. The Morgan fingerprint density at radius 2 is 1.79 bits per heavy atom. The van der Waals surface area contributed by atoms with Gasteiger partial charge in [-0.2, -0.15) is 0 Å². The molecule has 1 heterocycles. The lowest BCUT2D eigenvalue weighted by Gasteiger charge is -2.19. The molecule has 1 aromatic heterocycles. The van der Waals surface area contributed by atoms with Crippen LogP contribution in [-0.4, -0.2) is 22.8 Å². The second-order valence-corrected chi connectivity index (χ2v) is 8.02. The summed E-state index contributed by atoms with van der Waals surface area (Å²) in [5.41, 5.74) is 1.73. The number of amides is 2. The highest BCUT2D eigenvalue weighted by atomic mass is 32.1. The van der Waals surface area contributed by atoms with E-state index in [4.69, 9.17) is 0 Å². The summed E-state index contributed by atoms with van der Waals surface area (Å²) in [6.45, 7) is 9.93. The second kappa shape index (κ2) is 7.13. The van der Waals surface area contributed by atoms with Crippen molar-refractivity contribution in [1.29, 1.82) is 0 Å². The molecule has 1 aromatic carbocycles. The highest BCUT2D eigenvalue weighted by molar-refractivity contribution is 7.15. The smallest absolute Gasteiger partial charge is 0.251 e. The Morgan fingerprint density at radius 1 is 1.17 bits per heavy atom. The van der Waals surface area contributed by atoms with E-state index in [1.54, 1.807) is 25.3 Å². The number of hydrogen-bond donors (Lipinski definition) is 2. The predicted molar refractivity (Wildman–Crippen MR) is 97.6 cm³/mol. The Kier molecular flexibility index (Phi) is 5.39. The quantitative estimate of drug-likeness (QED) is 0.891.